The Morgan fingerprint density at radius 2 is 1.88 bits per heavy atom. The van der Waals surface area contributed by atoms with Gasteiger partial charge < -0.3 is 10.1 Å². The van der Waals surface area contributed by atoms with Gasteiger partial charge in [-0.15, -0.1) is 0 Å². The Bertz CT molecular complexity index is 916. The first-order valence-electron chi connectivity index (χ1n) is 7.30. The van der Waals surface area contributed by atoms with Gasteiger partial charge in [-0.1, -0.05) is 0 Å². The molecule has 7 nitrogen and oxygen atoms in total. The average Bonchev–Trinajstić information content (AvgIpc) is 2.60. The number of aryl methyl sites for hydroxylation is 1. The van der Waals surface area contributed by atoms with E-state index in [1.807, 2.05) is 6.07 Å². The second-order valence-corrected chi connectivity index (χ2v) is 6.96. The predicted octanol–water partition coefficient (Wildman–Crippen LogP) is 1.79. The Kier molecular flexibility index (Phi) is 5.75. The number of carbonyl (C=O) groups excluding carboxylic acids is 1. The van der Waals surface area contributed by atoms with E-state index in [-0.39, 0.29) is 4.90 Å². The fourth-order valence-electron chi connectivity index (χ4n) is 2.10. The van der Waals surface area contributed by atoms with E-state index in [0.29, 0.717) is 22.6 Å². The lowest BCUT2D eigenvalue weighted by Crippen LogP contribution is -2.32. The summed E-state index contributed by atoms with van der Waals surface area (Å²) in [5.41, 5.74) is 1.62. The molecule has 0 aliphatic heterocycles. The van der Waals surface area contributed by atoms with E-state index in [9.17, 15) is 13.2 Å². The lowest BCUT2D eigenvalue weighted by Gasteiger charge is -2.10. The second-order valence-electron chi connectivity index (χ2n) is 5.19. The summed E-state index contributed by atoms with van der Waals surface area (Å²) >= 11 is 0. The Morgan fingerprint density at radius 1 is 1.20 bits per heavy atom. The number of anilines is 1. The molecule has 0 aliphatic rings. The number of nitrogens with one attached hydrogen (secondary N) is 2. The van der Waals surface area contributed by atoms with Gasteiger partial charge in [0.2, 0.25) is 15.9 Å². The van der Waals surface area contributed by atoms with Crippen molar-refractivity contribution < 1.29 is 17.9 Å². The summed E-state index contributed by atoms with van der Waals surface area (Å²) < 4.78 is 31.9. The van der Waals surface area contributed by atoms with Crippen molar-refractivity contribution in [3.05, 3.63) is 53.6 Å². The lowest BCUT2D eigenvalue weighted by molar-refractivity contribution is -0.115. The van der Waals surface area contributed by atoms with Gasteiger partial charge in [-0.25, -0.2) is 13.1 Å². The Labute approximate surface area is 146 Å². The van der Waals surface area contributed by atoms with E-state index >= 15 is 0 Å². The zero-order chi connectivity index (χ0) is 18.4. The molecule has 0 unspecified atom stereocenters. The third-order valence-corrected chi connectivity index (χ3v) is 4.80. The molecule has 2 N–H and O–H groups in total. The summed E-state index contributed by atoms with van der Waals surface area (Å²) in [6, 6.07) is 12.7. The third-order valence-electron chi connectivity index (χ3n) is 3.40. The Morgan fingerprint density at radius 3 is 2.44 bits per heavy atom. The molecule has 2 aromatic carbocycles. The highest BCUT2D eigenvalue weighted by Crippen LogP contribution is 2.21. The largest absolute Gasteiger partial charge is 0.496 e. The van der Waals surface area contributed by atoms with Crippen molar-refractivity contribution in [1.82, 2.24) is 4.72 Å². The van der Waals surface area contributed by atoms with Gasteiger partial charge in [0.15, 0.2) is 0 Å². The Balaban J connectivity index is 2.00. The third kappa shape index (κ3) is 4.79. The zero-order valence-electron chi connectivity index (χ0n) is 13.7. The molecule has 0 saturated heterocycles. The van der Waals surface area contributed by atoms with Gasteiger partial charge in [0.1, 0.15) is 5.75 Å². The number of carbonyl (C=O) groups is 1. The van der Waals surface area contributed by atoms with E-state index in [4.69, 9.17) is 10.00 Å². The first-order chi connectivity index (χ1) is 11.9. The normalized spacial score (nSPS) is 10.8. The van der Waals surface area contributed by atoms with Crippen molar-refractivity contribution in [2.75, 3.05) is 19.0 Å². The lowest BCUT2D eigenvalue weighted by atomic mass is 10.2. The average molecular weight is 359 g/mol. The van der Waals surface area contributed by atoms with Crippen LogP contribution in [0.1, 0.15) is 11.1 Å². The highest BCUT2D eigenvalue weighted by molar-refractivity contribution is 7.89. The van der Waals surface area contributed by atoms with Gasteiger partial charge in [-0.05, 0) is 55.0 Å². The number of hydrogen-bond donors (Lipinski definition) is 2. The van der Waals surface area contributed by atoms with E-state index in [2.05, 4.69) is 10.0 Å². The smallest absolute Gasteiger partial charge is 0.241 e. The van der Waals surface area contributed by atoms with E-state index < -0.39 is 22.5 Å². The fourth-order valence-corrected chi connectivity index (χ4v) is 3.16. The highest BCUT2D eigenvalue weighted by Gasteiger charge is 2.16. The summed E-state index contributed by atoms with van der Waals surface area (Å²) in [6.07, 6.45) is 0. The molecule has 1 amide bonds. The van der Waals surface area contributed by atoms with Gasteiger partial charge in [-0.2, -0.15) is 5.26 Å². The number of nitriles is 1. The molecule has 130 valence electrons. The van der Waals surface area contributed by atoms with Gasteiger partial charge in [0.25, 0.3) is 0 Å². The molecule has 0 atom stereocenters. The number of benzene rings is 2. The monoisotopic (exact) mass is 359 g/mol. The first kappa shape index (κ1) is 18.4. The summed E-state index contributed by atoms with van der Waals surface area (Å²) in [6.45, 7) is 1.32. The Hall–Kier alpha value is -2.89. The van der Waals surface area contributed by atoms with Crippen molar-refractivity contribution in [3.8, 4) is 11.8 Å². The van der Waals surface area contributed by atoms with Gasteiger partial charge >= 0.3 is 0 Å². The summed E-state index contributed by atoms with van der Waals surface area (Å²) in [5.74, 6) is 0.0658. The van der Waals surface area contributed by atoms with Crippen LogP contribution in [-0.4, -0.2) is 28.0 Å². The number of methoxy groups -OCH3 is 1. The SMILES string of the molecule is COc1ccc(S(=O)(=O)NCC(=O)Nc2ccc(C#N)cc2)cc1C. The van der Waals surface area contributed by atoms with Crippen molar-refractivity contribution in [3.63, 3.8) is 0 Å². The maximum absolute atomic E-state index is 12.3. The molecule has 0 fully saturated rings. The van der Waals surface area contributed by atoms with Gasteiger partial charge in [0, 0.05) is 5.69 Å². The zero-order valence-corrected chi connectivity index (χ0v) is 14.6. The molecule has 0 aromatic heterocycles. The maximum atomic E-state index is 12.3. The minimum Gasteiger partial charge on any atom is -0.496 e. The minimum atomic E-state index is -3.82. The molecule has 2 rings (SSSR count). The number of nitrogens with zero attached hydrogens (tertiary/aromatic N) is 1. The molecular weight excluding hydrogens is 342 g/mol. The molecule has 0 heterocycles. The van der Waals surface area contributed by atoms with Crippen LogP contribution in [0.5, 0.6) is 5.75 Å². The molecule has 2 aromatic rings. The van der Waals surface area contributed by atoms with E-state index in [1.165, 1.54) is 19.2 Å². The number of hydrogen-bond acceptors (Lipinski definition) is 5. The topological polar surface area (TPSA) is 108 Å². The summed E-state index contributed by atoms with van der Waals surface area (Å²) in [7, 11) is -2.31. The number of ether oxygens (including phenoxy) is 1. The number of sulfonamides is 1. The standard InChI is InChI=1S/C17H17N3O4S/c1-12-9-15(7-8-16(12)24-2)25(22,23)19-11-17(21)20-14-5-3-13(10-18)4-6-14/h3-9,19H,11H2,1-2H3,(H,20,21). The number of rotatable bonds is 6. The summed E-state index contributed by atoms with van der Waals surface area (Å²) in [5, 5.41) is 11.3. The molecule has 8 heteroatoms. The maximum Gasteiger partial charge on any atom is 0.241 e. The molecule has 0 aliphatic carbocycles. The van der Waals surface area contributed by atoms with Crippen LogP contribution in [0.2, 0.25) is 0 Å². The number of amides is 1. The van der Waals surface area contributed by atoms with E-state index in [0.717, 1.165) is 0 Å². The highest BCUT2D eigenvalue weighted by atomic mass is 32.2. The van der Waals surface area contributed by atoms with Crippen LogP contribution in [0.4, 0.5) is 5.69 Å². The van der Waals surface area contributed by atoms with Gasteiger partial charge in [0.05, 0.1) is 30.2 Å². The van der Waals surface area contributed by atoms with Crippen LogP contribution in [0.3, 0.4) is 0 Å². The van der Waals surface area contributed by atoms with Crippen molar-refractivity contribution >= 4 is 21.6 Å². The molecular formula is C17H17N3O4S. The van der Waals surface area contributed by atoms with Crippen LogP contribution in [0.25, 0.3) is 0 Å². The fraction of sp³-hybridized carbons (Fsp3) is 0.176. The van der Waals surface area contributed by atoms with E-state index in [1.54, 1.807) is 37.3 Å². The first-order valence-corrected chi connectivity index (χ1v) is 8.78. The molecule has 0 bridgehead atoms. The predicted molar refractivity (Wildman–Crippen MR) is 92.7 cm³/mol. The quantitative estimate of drug-likeness (QED) is 0.817. The molecule has 0 radical (unpaired) electrons. The molecule has 0 spiro atoms. The van der Waals surface area contributed by atoms with Crippen molar-refractivity contribution in [2.45, 2.75) is 11.8 Å². The molecule has 25 heavy (non-hydrogen) atoms. The van der Waals surface area contributed by atoms with Crippen LogP contribution < -0.4 is 14.8 Å². The second kappa shape index (κ2) is 7.79. The van der Waals surface area contributed by atoms with Gasteiger partial charge in [-0.3, -0.25) is 4.79 Å². The van der Waals surface area contributed by atoms with Crippen LogP contribution in [0.15, 0.2) is 47.4 Å². The van der Waals surface area contributed by atoms with Crippen LogP contribution >= 0.6 is 0 Å². The van der Waals surface area contributed by atoms with Crippen LogP contribution in [0, 0.1) is 18.3 Å². The minimum absolute atomic E-state index is 0.0528. The van der Waals surface area contributed by atoms with Crippen molar-refractivity contribution in [2.24, 2.45) is 0 Å². The molecule has 0 saturated carbocycles. The summed E-state index contributed by atoms with van der Waals surface area (Å²) in [4.78, 5) is 11.9. The van der Waals surface area contributed by atoms with Crippen LogP contribution in [-0.2, 0) is 14.8 Å². The van der Waals surface area contributed by atoms with Crippen molar-refractivity contribution in [1.29, 1.82) is 5.26 Å².